The van der Waals surface area contributed by atoms with Crippen molar-refractivity contribution in [3.8, 4) is 22.9 Å². The summed E-state index contributed by atoms with van der Waals surface area (Å²) in [7, 11) is 0. The molecule has 3 heterocycles. The quantitative estimate of drug-likeness (QED) is 0.183. The van der Waals surface area contributed by atoms with Crippen molar-refractivity contribution in [3.63, 3.8) is 0 Å². The summed E-state index contributed by atoms with van der Waals surface area (Å²) >= 11 is 5.80. The van der Waals surface area contributed by atoms with E-state index in [0.29, 0.717) is 30.1 Å². The highest BCUT2D eigenvalue weighted by Crippen LogP contribution is 2.41. The maximum absolute atomic E-state index is 15.6. The van der Waals surface area contributed by atoms with Gasteiger partial charge in [0.2, 0.25) is 5.88 Å². The van der Waals surface area contributed by atoms with E-state index in [2.05, 4.69) is 9.97 Å². The van der Waals surface area contributed by atoms with Crippen LogP contribution in [-0.2, 0) is 17.8 Å². The molecule has 1 fully saturated rings. The number of carboxylic acid groups (broad SMARTS) is 1. The molecule has 8 nitrogen and oxygen atoms in total. The lowest BCUT2D eigenvalue weighted by molar-refractivity contribution is 0.0694. The second-order valence-corrected chi connectivity index (χ2v) is 12.0. The molecule has 232 valence electrons. The Morgan fingerprint density at radius 2 is 1.82 bits per heavy atom. The number of aromatic nitrogens is 3. The third kappa shape index (κ3) is 5.93. The molecule has 1 aliphatic rings. The zero-order valence-electron chi connectivity index (χ0n) is 24.2. The molecule has 12 heteroatoms. The molecule has 1 saturated heterocycles. The van der Waals surface area contributed by atoms with Crippen molar-refractivity contribution in [1.82, 2.24) is 14.5 Å². The van der Waals surface area contributed by atoms with Crippen LogP contribution >= 0.6 is 11.6 Å². The van der Waals surface area contributed by atoms with Gasteiger partial charge in [0.25, 0.3) is 0 Å². The highest BCUT2D eigenvalue weighted by Gasteiger charge is 2.39. The average Bonchev–Trinajstić information content (AvgIpc) is 3.50. The minimum absolute atomic E-state index is 0.0119. The first-order valence-electron chi connectivity index (χ1n) is 14.0. The van der Waals surface area contributed by atoms with Crippen LogP contribution < -0.4 is 4.74 Å². The van der Waals surface area contributed by atoms with Crippen molar-refractivity contribution in [3.05, 3.63) is 106 Å². The molecule has 45 heavy (non-hydrogen) atoms. The Kier molecular flexibility index (Phi) is 7.92. The van der Waals surface area contributed by atoms with Crippen molar-refractivity contribution >= 4 is 28.6 Å². The predicted octanol–water partition coefficient (Wildman–Crippen LogP) is 7.34. The summed E-state index contributed by atoms with van der Waals surface area (Å²) in [6.07, 6.45) is -0.128. The zero-order valence-corrected chi connectivity index (χ0v) is 24.9. The number of pyridine rings is 1. The average molecular weight is 638 g/mol. The Morgan fingerprint density at radius 1 is 1.04 bits per heavy atom. The predicted molar refractivity (Wildman–Crippen MR) is 160 cm³/mol. The second-order valence-electron chi connectivity index (χ2n) is 11.6. The summed E-state index contributed by atoms with van der Waals surface area (Å²) in [5, 5.41) is 20.1. The molecule has 6 rings (SSSR count). The lowest BCUT2D eigenvalue weighted by Gasteiger charge is -2.28. The SMILES string of the molecule is CC1(C)COC[C@H]1n1c(Cc2cc(F)c(-c3cccc(OCc4ccc(Cl)cc4F)n3)cc2F)nc2cc(O)c(C(=O)O)cc21. The van der Waals surface area contributed by atoms with Crippen molar-refractivity contribution in [1.29, 1.82) is 0 Å². The Morgan fingerprint density at radius 3 is 2.53 bits per heavy atom. The molecular formula is C33H27ClF3N3O5. The van der Waals surface area contributed by atoms with E-state index in [1.54, 1.807) is 10.6 Å². The van der Waals surface area contributed by atoms with Gasteiger partial charge in [0.05, 0.1) is 36.0 Å². The van der Waals surface area contributed by atoms with Gasteiger partial charge < -0.3 is 24.3 Å². The van der Waals surface area contributed by atoms with E-state index in [0.717, 1.165) is 12.1 Å². The monoisotopic (exact) mass is 637 g/mol. The number of hydrogen-bond donors (Lipinski definition) is 2. The summed E-state index contributed by atoms with van der Waals surface area (Å²) < 4.78 is 58.5. The fourth-order valence-corrected chi connectivity index (χ4v) is 5.69. The normalized spacial score (nSPS) is 15.9. The van der Waals surface area contributed by atoms with Gasteiger partial charge in [-0.25, -0.2) is 27.9 Å². The summed E-state index contributed by atoms with van der Waals surface area (Å²) in [5.41, 5.74) is 0.336. The Hall–Kier alpha value is -4.61. The van der Waals surface area contributed by atoms with Crippen molar-refractivity contribution in [2.75, 3.05) is 13.2 Å². The number of carboxylic acids is 1. The fourth-order valence-electron chi connectivity index (χ4n) is 5.53. The van der Waals surface area contributed by atoms with E-state index in [4.69, 9.17) is 21.1 Å². The maximum atomic E-state index is 15.6. The molecule has 0 unspecified atom stereocenters. The van der Waals surface area contributed by atoms with E-state index < -0.39 is 29.2 Å². The number of halogens is 4. The number of benzene rings is 3. The second kappa shape index (κ2) is 11.7. The number of fused-ring (bicyclic) bond motifs is 1. The molecule has 2 N–H and O–H groups in total. The van der Waals surface area contributed by atoms with Gasteiger partial charge in [-0.1, -0.05) is 37.6 Å². The van der Waals surface area contributed by atoms with Gasteiger partial charge in [-0.05, 0) is 42.0 Å². The number of hydrogen-bond acceptors (Lipinski definition) is 6. The fraction of sp³-hybridized carbons (Fsp3) is 0.242. The zero-order chi connectivity index (χ0) is 32.0. The first-order chi connectivity index (χ1) is 21.4. The molecule has 1 aliphatic heterocycles. The van der Waals surface area contributed by atoms with E-state index in [1.165, 1.54) is 42.5 Å². The van der Waals surface area contributed by atoms with E-state index in [9.17, 15) is 19.4 Å². The largest absolute Gasteiger partial charge is 0.507 e. The van der Waals surface area contributed by atoms with Crippen molar-refractivity contribution in [2.45, 2.75) is 32.9 Å². The minimum Gasteiger partial charge on any atom is -0.507 e. The number of aromatic carboxylic acids is 1. The topological polar surface area (TPSA) is 107 Å². The van der Waals surface area contributed by atoms with E-state index >= 15 is 8.78 Å². The molecule has 0 amide bonds. The first-order valence-corrected chi connectivity index (χ1v) is 14.4. The number of carbonyl (C=O) groups is 1. The van der Waals surface area contributed by atoms with Gasteiger partial charge in [-0.15, -0.1) is 0 Å². The standard InChI is InChI=1S/C33H27ClF3N3O5/c1-33(2)16-44-15-29(33)40-27-12-21(32(42)43)28(41)13-26(27)38-30(40)9-18-8-24(37)20(11-23(18)36)25-4-3-5-31(39-25)45-14-17-6-7-19(34)10-22(17)35/h3-8,10-13,29,41H,9,14-16H2,1-2H3,(H,42,43)/t29-/m1/s1. The number of nitrogens with zero attached hydrogens (tertiary/aromatic N) is 3. The number of phenols is 1. The Balaban J connectivity index is 1.33. The van der Waals surface area contributed by atoms with Crippen LogP contribution in [0.4, 0.5) is 13.2 Å². The highest BCUT2D eigenvalue weighted by molar-refractivity contribution is 6.30. The van der Waals surface area contributed by atoms with Gasteiger partial charge in [0.1, 0.15) is 41.2 Å². The molecule has 0 bridgehead atoms. The van der Waals surface area contributed by atoms with Crippen molar-refractivity contribution in [2.24, 2.45) is 5.41 Å². The molecule has 0 aliphatic carbocycles. The number of ether oxygens (including phenoxy) is 2. The third-order valence-corrected chi connectivity index (χ3v) is 8.18. The van der Waals surface area contributed by atoms with Crippen LogP contribution in [0.2, 0.25) is 5.02 Å². The van der Waals surface area contributed by atoms with Crippen LogP contribution in [-0.4, -0.2) is 43.9 Å². The van der Waals surface area contributed by atoms with E-state index in [1.807, 2.05) is 13.8 Å². The van der Waals surface area contributed by atoms with Gasteiger partial charge in [0.15, 0.2) is 0 Å². The van der Waals surface area contributed by atoms with Crippen LogP contribution in [0.1, 0.15) is 47.2 Å². The molecule has 1 atom stereocenters. The van der Waals surface area contributed by atoms with Crippen molar-refractivity contribution < 1.29 is 37.7 Å². The lowest BCUT2D eigenvalue weighted by atomic mass is 9.87. The van der Waals surface area contributed by atoms with Gasteiger partial charge in [-0.3, -0.25) is 0 Å². The smallest absolute Gasteiger partial charge is 0.339 e. The van der Waals surface area contributed by atoms with Gasteiger partial charge in [-0.2, -0.15) is 0 Å². The highest BCUT2D eigenvalue weighted by atomic mass is 35.5. The summed E-state index contributed by atoms with van der Waals surface area (Å²) in [5.74, 6) is -3.31. The molecule has 3 aromatic carbocycles. The van der Waals surface area contributed by atoms with Crippen LogP contribution in [0.25, 0.3) is 22.3 Å². The lowest BCUT2D eigenvalue weighted by Crippen LogP contribution is -2.27. The maximum Gasteiger partial charge on any atom is 0.339 e. The van der Waals surface area contributed by atoms with Crippen LogP contribution in [0.5, 0.6) is 11.6 Å². The Labute approximate surface area is 260 Å². The molecular weight excluding hydrogens is 611 g/mol. The first kappa shape index (κ1) is 30.4. The molecule has 5 aromatic rings. The molecule has 0 spiro atoms. The van der Waals surface area contributed by atoms with Crippen LogP contribution in [0.3, 0.4) is 0 Å². The number of aromatic hydroxyl groups is 1. The van der Waals surface area contributed by atoms with Gasteiger partial charge >= 0.3 is 5.97 Å². The third-order valence-electron chi connectivity index (χ3n) is 7.95. The summed E-state index contributed by atoms with van der Waals surface area (Å²) in [6, 6.07) is 13.2. The number of imidazole rings is 1. The summed E-state index contributed by atoms with van der Waals surface area (Å²) in [4.78, 5) is 20.6. The molecule has 0 radical (unpaired) electrons. The minimum atomic E-state index is -1.31. The summed E-state index contributed by atoms with van der Waals surface area (Å²) in [6.45, 7) is 4.57. The van der Waals surface area contributed by atoms with E-state index in [-0.39, 0.29) is 63.3 Å². The molecule has 2 aromatic heterocycles. The molecule has 0 saturated carbocycles. The van der Waals surface area contributed by atoms with Gasteiger partial charge in [0, 0.05) is 40.1 Å². The van der Waals surface area contributed by atoms with Crippen LogP contribution in [0, 0.1) is 22.9 Å². The van der Waals surface area contributed by atoms with Crippen LogP contribution in [0.15, 0.2) is 60.7 Å². The number of rotatable bonds is 8. The Bertz CT molecular complexity index is 1960.